The lowest BCUT2D eigenvalue weighted by Crippen LogP contribution is -2.35. The molecule has 0 radical (unpaired) electrons. The van der Waals surface area contributed by atoms with Crippen LogP contribution in [0.3, 0.4) is 0 Å². The van der Waals surface area contributed by atoms with Crippen molar-refractivity contribution in [3.8, 4) is 5.75 Å². The lowest BCUT2D eigenvalue weighted by atomic mass is 10.2. The maximum absolute atomic E-state index is 5.89. The second kappa shape index (κ2) is 6.10. The summed E-state index contributed by atoms with van der Waals surface area (Å²) in [7, 11) is 1.66. The van der Waals surface area contributed by atoms with Gasteiger partial charge in [0, 0.05) is 18.5 Å². The molecular weight excluding hydrogens is 236 g/mol. The molecule has 0 unspecified atom stereocenters. The van der Waals surface area contributed by atoms with Gasteiger partial charge in [0.15, 0.2) is 0 Å². The maximum atomic E-state index is 5.89. The third-order valence-electron chi connectivity index (χ3n) is 3.34. The zero-order valence-electron chi connectivity index (χ0n) is 10.2. The van der Waals surface area contributed by atoms with E-state index in [1.54, 1.807) is 13.3 Å². The number of pyridine rings is 1. The van der Waals surface area contributed by atoms with Gasteiger partial charge < -0.3 is 9.64 Å². The Labute approximate surface area is 108 Å². The molecule has 0 spiro atoms. The normalized spacial score (nSPS) is 16.1. The van der Waals surface area contributed by atoms with Crippen LogP contribution in [0.1, 0.15) is 25.7 Å². The molecule has 4 heteroatoms. The highest BCUT2D eigenvalue weighted by molar-refractivity contribution is 6.18. The summed E-state index contributed by atoms with van der Waals surface area (Å²) in [5.74, 6) is 2.45. The van der Waals surface area contributed by atoms with Gasteiger partial charge in [-0.1, -0.05) is 12.8 Å². The average molecular weight is 255 g/mol. The Morgan fingerprint density at radius 2 is 2.18 bits per heavy atom. The van der Waals surface area contributed by atoms with Crippen LogP contribution in [0.15, 0.2) is 18.3 Å². The lowest BCUT2D eigenvalue weighted by molar-refractivity contribution is 0.412. The summed E-state index contributed by atoms with van der Waals surface area (Å²) < 4.78 is 5.13. The van der Waals surface area contributed by atoms with Gasteiger partial charge in [0.05, 0.1) is 13.3 Å². The Bertz CT molecular complexity index is 336. The van der Waals surface area contributed by atoms with Gasteiger partial charge in [-0.05, 0) is 25.0 Å². The zero-order valence-corrected chi connectivity index (χ0v) is 11.0. The average Bonchev–Trinajstić information content (AvgIpc) is 2.90. The number of methoxy groups -OCH3 is 1. The quantitative estimate of drug-likeness (QED) is 0.755. The van der Waals surface area contributed by atoms with E-state index in [1.165, 1.54) is 25.7 Å². The summed E-state index contributed by atoms with van der Waals surface area (Å²) in [6, 6.07) is 4.58. The molecular formula is C13H19ClN2O. The topological polar surface area (TPSA) is 25.4 Å². The summed E-state index contributed by atoms with van der Waals surface area (Å²) in [5.41, 5.74) is 0. The first-order valence-electron chi connectivity index (χ1n) is 6.18. The van der Waals surface area contributed by atoms with Crippen molar-refractivity contribution in [2.75, 3.05) is 24.4 Å². The third-order valence-corrected chi connectivity index (χ3v) is 3.51. The van der Waals surface area contributed by atoms with E-state index < -0.39 is 0 Å². The molecule has 0 bridgehead atoms. The van der Waals surface area contributed by atoms with E-state index >= 15 is 0 Å². The molecule has 94 valence electrons. The van der Waals surface area contributed by atoms with E-state index in [0.29, 0.717) is 11.9 Å². The van der Waals surface area contributed by atoms with Gasteiger partial charge in [0.25, 0.3) is 0 Å². The van der Waals surface area contributed by atoms with Crippen molar-refractivity contribution < 1.29 is 4.74 Å². The molecule has 0 atom stereocenters. The van der Waals surface area contributed by atoms with Crippen molar-refractivity contribution in [2.45, 2.75) is 31.7 Å². The SMILES string of the molecule is COc1ccc(N(CCCl)C2CCCC2)nc1. The molecule has 0 saturated heterocycles. The standard InChI is InChI=1S/C13H19ClN2O/c1-17-12-6-7-13(15-10-12)16(9-8-14)11-4-2-3-5-11/h6-7,10-11H,2-5,8-9H2,1H3. The molecule has 1 aliphatic carbocycles. The van der Waals surface area contributed by atoms with Crippen molar-refractivity contribution in [3.63, 3.8) is 0 Å². The van der Waals surface area contributed by atoms with E-state index in [9.17, 15) is 0 Å². The fraction of sp³-hybridized carbons (Fsp3) is 0.615. The Hall–Kier alpha value is -0.960. The monoisotopic (exact) mass is 254 g/mol. The van der Waals surface area contributed by atoms with Crippen LogP contribution in [0.5, 0.6) is 5.75 Å². The van der Waals surface area contributed by atoms with Gasteiger partial charge in [0.1, 0.15) is 11.6 Å². The fourth-order valence-corrected chi connectivity index (χ4v) is 2.64. The Balaban J connectivity index is 2.12. The molecule has 0 N–H and O–H groups in total. The Morgan fingerprint density at radius 3 is 2.71 bits per heavy atom. The highest BCUT2D eigenvalue weighted by atomic mass is 35.5. The summed E-state index contributed by atoms with van der Waals surface area (Å²) in [5, 5.41) is 0. The summed E-state index contributed by atoms with van der Waals surface area (Å²) in [4.78, 5) is 6.79. The molecule has 1 heterocycles. The number of anilines is 1. The zero-order chi connectivity index (χ0) is 12.1. The van der Waals surface area contributed by atoms with E-state index in [0.717, 1.165) is 18.1 Å². The lowest BCUT2D eigenvalue weighted by Gasteiger charge is -2.29. The molecule has 0 amide bonds. The van der Waals surface area contributed by atoms with Crippen LogP contribution in [-0.4, -0.2) is 30.6 Å². The number of halogens is 1. The molecule has 1 aliphatic rings. The largest absolute Gasteiger partial charge is 0.495 e. The second-order valence-electron chi connectivity index (χ2n) is 4.38. The van der Waals surface area contributed by atoms with Crippen molar-refractivity contribution in [1.82, 2.24) is 4.98 Å². The first kappa shape index (κ1) is 12.5. The van der Waals surface area contributed by atoms with Gasteiger partial charge in [-0.15, -0.1) is 11.6 Å². The highest BCUT2D eigenvalue weighted by Crippen LogP contribution is 2.27. The molecule has 0 aliphatic heterocycles. The van der Waals surface area contributed by atoms with Crippen LogP contribution >= 0.6 is 11.6 Å². The summed E-state index contributed by atoms with van der Waals surface area (Å²) in [6.07, 6.45) is 6.92. The number of aromatic nitrogens is 1. The van der Waals surface area contributed by atoms with Gasteiger partial charge >= 0.3 is 0 Å². The van der Waals surface area contributed by atoms with Crippen LogP contribution in [-0.2, 0) is 0 Å². The third kappa shape index (κ3) is 3.03. The van der Waals surface area contributed by atoms with Crippen LogP contribution < -0.4 is 9.64 Å². The highest BCUT2D eigenvalue weighted by Gasteiger charge is 2.23. The van der Waals surface area contributed by atoms with Gasteiger partial charge in [-0.2, -0.15) is 0 Å². The molecule has 1 aromatic heterocycles. The van der Waals surface area contributed by atoms with Crippen LogP contribution in [0, 0.1) is 0 Å². The number of nitrogens with zero attached hydrogens (tertiary/aromatic N) is 2. The minimum atomic E-state index is 0.606. The van der Waals surface area contributed by atoms with Crippen LogP contribution in [0.2, 0.25) is 0 Å². The van der Waals surface area contributed by atoms with Crippen LogP contribution in [0.4, 0.5) is 5.82 Å². The number of alkyl halides is 1. The number of ether oxygens (including phenoxy) is 1. The van der Waals surface area contributed by atoms with Crippen molar-refractivity contribution in [1.29, 1.82) is 0 Å². The molecule has 1 saturated carbocycles. The second-order valence-corrected chi connectivity index (χ2v) is 4.75. The number of hydrogen-bond acceptors (Lipinski definition) is 3. The van der Waals surface area contributed by atoms with E-state index in [1.807, 2.05) is 12.1 Å². The molecule has 0 aromatic carbocycles. The predicted octanol–water partition coefficient (Wildman–Crippen LogP) is 3.08. The minimum absolute atomic E-state index is 0.606. The van der Waals surface area contributed by atoms with E-state index in [4.69, 9.17) is 16.3 Å². The molecule has 1 fully saturated rings. The molecule has 1 aromatic rings. The van der Waals surface area contributed by atoms with E-state index in [-0.39, 0.29) is 0 Å². The fourth-order valence-electron chi connectivity index (χ4n) is 2.45. The number of rotatable bonds is 5. The maximum Gasteiger partial charge on any atom is 0.137 e. The minimum Gasteiger partial charge on any atom is -0.495 e. The van der Waals surface area contributed by atoms with Crippen molar-refractivity contribution >= 4 is 17.4 Å². The molecule has 2 rings (SSSR count). The molecule has 3 nitrogen and oxygen atoms in total. The van der Waals surface area contributed by atoms with Crippen LogP contribution in [0.25, 0.3) is 0 Å². The smallest absolute Gasteiger partial charge is 0.137 e. The van der Waals surface area contributed by atoms with Gasteiger partial charge in [-0.25, -0.2) is 4.98 Å². The summed E-state index contributed by atoms with van der Waals surface area (Å²) in [6.45, 7) is 0.867. The molecule has 17 heavy (non-hydrogen) atoms. The predicted molar refractivity (Wildman–Crippen MR) is 71.1 cm³/mol. The van der Waals surface area contributed by atoms with Crippen molar-refractivity contribution in [3.05, 3.63) is 18.3 Å². The van der Waals surface area contributed by atoms with Crippen molar-refractivity contribution in [2.24, 2.45) is 0 Å². The Morgan fingerprint density at radius 1 is 1.41 bits per heavy atom. The Kier molecular flexibility index (Phi) is 4.49. The van der Waals surface area contributed by atoms with Gasteiger partial charge in [0.2, 0.25) is 0 Å². The first-order chi connectivity index (χ1) is 8.35. The number of hydrogen-bond donors (Lipinski definition) is 0. The first-order valence-corrected chi connectivity index (χ1v) is 6.71. The summed E-state index contributed by atoms with van der Waals surface area (Å²) >= 11 is 5.89. The van der Waals surface area contributed by atoms with E-state index in [2.05, 4.69) is 9.88 Å². The van der Waals surface area contributed by atoms with Gasteiger partial charge in [-0.3, -0.25) is 0 Å².